The van der Waals surface area contributed by atoms with Crippen LogP contribution in [0.25, 0.3) is 5.69 Å². The van der Waals surface area contributed by atoms with Crippen molar-refractivity contribution in [2.75, 3.05) is 0 Å². The SMILES string of the molecule is Cc1ccn(-c2ccc(C#N)cc2)c1. The van der Waals surface area contributed by atoms with E-state index in [4.69, 9.17) is 5.26 Å². The summed E-state index contributed by atoms with van der Waals surface area (Å²) in [6.45, 7) is 2.06. The van der Waals surface area contributed by atoms with Crippen LogP contribution in [-0.4, -0.2) is 4.57 Å². The molecular formula is C12H10N2. The highest BCUT2D eigenvalue weighted by Gasteiger charge is 1.96. The Kier molecular flexibility index (Phi) is 2.08. The predicted molar refractivity (Wildman–Crippen MR) is 55.2 cm³/mol. The van der Waals surface area contributed by atoms with E-state index in [0.29, 0.717) is 5.56 Å². The molecule has 0 spiro atoms. The second-order valence-corrected chi connectivity index (χ2v) is 3.25. The third kappa shape index (κ3) is 1.53. The molecule has 0 saturated carbocycles. The lowest BCUT2D eigenvalue weighted by molar-refractivity contribution is 1.07. The van der Waals surface area contributed by atoms with E-state index in [2.05, 4.69) is 25.3 Å². The van der Waals surface area contributed by atoms with E-state index < -0.39 is 0 Å². The van der Waals surface area contributed by atoms with Crippen molar-refractivity contribution in [1.29, 1.82) is 5.26 Å². The van der Waals surface area contributed by atoms with E-state index in [0.717, 1.165) is 5.69 Å². The third-order valence-corrected chi connectivity index (χ3v) is 2.14. The molecule has 0 aliphatic rings. The Bertz CT molecular complexity index is 472. The van der Waals surface area contributed by atoms with E-state index in [1.54, 1.807) is 0 Å². The molecule has 2 rings (SSSR count). The molecular weight excluding hydrogens is 172 g/mol. The van der Waals surface area contributed by atoms with Crippen molar-refractivity contribution in [2.45, 2.75) is 6.92 Å². The van der Waals surface area contributed by atoms with Crippen LogP contribution in [0.2, 0.25) is 0 Å². The standard InChI is InChI=1S/C12H10N2/c1-10-6-7-14(9-10)12-4-2-11(8-13)3-5-12/h2-7,9H,1H3. The van der Waals surface area contributed by atoms with E-state index in [9.17, 15) is 0 Å². The van der Waals surface area contributed by atoms with Crippen molar-refractivity contribution in [2.24, 2.45) is 0 Å². The molecule has 0 unspecified atom stereocenters. The zero-order chi connectivity index (χ0) is 9.97. The first-order valence-electron chi connectivity index (χ1n) is 4.45. The number of benzene rings is 1. The van der Waals surface area contributed by atoms with Crippen molar-refractivity contribution in [1.82, 2.24) is 4.57 Å². The summed E-state index contributed by atoms with van der Waals surface area (Å²) in [6.07, 6.45) is 4.07. The normalized spacial score (nSPS) is 9.71. The molecule has 2 aromatic rings. The van der Waals surface area contributed by atoms with Crippen LogP contribution in [0.4, 0.5) is 0 Å². The van der Waals surface area contributed by atoms with Gasteiger partial charge in [0.15, 0.2) is 0 Å². The molecule has 14 heavy (non-hydrogen) atoms. The molecule has 2 heteroatoms. The maximum atomic E-state index is 8.65. The minimum Gasteiger partial charge on any atom is -0.324 e. The zero-order valence-electron chi connectivity index (χ0n) is 7.94. The van der Waals surface area contributed by atoms with Crippen molar-refractivity contribution < 1.29 is 0 Å². The maximum absolute atomic E-state index is 8.65. The number of nitriles is 1. The smallest absolute Gasteiger partial charge is 0.0991 e. The molecule has 2 nitrogen and oxygen atoms in total. The van der Waals surface area contributed by atoms with E-state index in [-0.39, 0.29) is 0 Å². The third-order valence-electron chi connectivity index (χ3n) is 2.14. The van der Waals surface area contributed by atoms with Crippen LogP contribution in [0.1, 0.15) is 11.1 Å². The van der Waals surface area contributed by atoms with Gasteiger partial charge in [0, 0.05) is 18.1 Å². The maximum Gasteiger partial charge on any atom is 0.0991 e. The molecule has 0 saturated heterocycles. The number of hydrogen-bond donors (Lipinski definition) is 0. The molecule has 1 aromatic carbocycles. The summed E-state index contributed by atoms with van der Waals surface area (Å²) in [7, 11) is 0. The quantitative estimate of drug-likeness (QED) is 0.666. The first kappa shape index (κ1) is 8.58. The lowest BCUT2D eigenvalue weighted by Gasteiger charge is -2.01. The highest BCUT2D eigenvalue weighted by Crippen LogP contribution is 2.11. The van der Waals surface area contributed by atoms with Gasteiger partial charge in [0.25, 0.3) is 0 Å². The summed E-state index contributed by atoms with van der Waals surface area (Å²) < 4.78 is 2.04. The Balaban J connectivity index is 2.39. The molecule has 0 N–H and O–H groups in total. The average molecular weight is 182 g/mol. The summed E-state index contributed by atoms with van der Waals surface area (Å²) in [5.74, 6) is 0. The van der Waals surface area contributed by atoms with Crippen LogP contribution in [0.15, 0.2) is 42.7 Å². The Morgan fingerprint density at radius 2 is 1.86 bits per heavy atom. The highest BCUT2D eigenvalue weighted by atomic mass is 14.9. The van der Waals surface area contributed by atoms with Gasteiger partial charge in [-0.05, 0) is 42.8 Å². The molecule has 1 heterocycles. The van der Waals surface area contributed by atoms with Crippen LogP contribution in [0.5, 0.6) is 0 Å². The van der Waals surface area contributed by atoms with Crippen LogP contribution in [-0.2, 0) is 0 Å². The molecule has 0 atom stereocenters. The molecule has 0 amide bonds. The van der Waals surface area contributed by atoms with Gasteiger partial charge in [0.1, 0.15) is 0 Å². The van der Waals surface area contributed by atoms with Crippen molar-refractivity contribution in [3.05, 3.63) is 53.9 Å². The molecule has 68 valence electrons. The summed E-state index contributed by atoms with van der Waals surface area (Å²) in [5, 5.41) is 8.65. The Morgan fingerprint density at radius 1 is 1.14 bits per heavy atom. The largest absolute Gasteiger partial charge is 0.324 e. The summed E-state index contributed by atoms with van der Waals surface area (Å²) in [6, 6.07) is 11.7. The minimum atomic E-state index is 0.692. The molecule has 0 aliphatic heterocycles. The Hall–Kier alpha value is -2.01. The molecule has 0 radical (unpaired) electrons. The number of aryl methyl sites for hydroxylation is 1. The molecule has 1 aromatic heterocycles. The number of hydrogen-bond acceptors (Lipinski definition) is 1. The van der Waals surface area contributed by atoms with Gasteiger partial charge in [-0.25, -0.2) is 0 Å². The first-order valence-corrected chi connectivity index (χ1v) is 4.45. The van der Waals surface area contributed by atoms with Gasteiger partial charge in [-0.1, -0.05) is 0 Å². The second kappa shape index (κ2) is 3.39. The lowest BCUT2D eigenvalue weighted by atomic mass is 10.2. The van der Waals surface area contributed by atoms with Gasteiger partial charge in [-0.3, -0.25) is 0 Å². The van der Waals surface area contributed by atoms with Gasteiger partial charge >= 0.3 is 0 Å². The average Bonchev–Trinajstić information content (AvgIpc) is 2.65. The number of aromatic nitrogens is 1. The van der Waals surface area contributed by atoms with E-state index >= 15 is 0 Å². The zero-order valence-corrected chi connectivity index (χ0v) is 7.94. The van der Waals surface area contributed by atoms with Crippen molar-refractivity contribution in [3.63, 3.8) is 0 Å². The fourth-order valence-corrected chi connectivity index (χ4v) is 1.37. The summed E-state index contributed by atoms with van der Waals surface area (Å²) in [5.41, 5.74) is 3.00. The molecule has 0 aliphatic carbocycles. The number of rotatable bonds is 1. The van der Waals surface area contributed by atoms with Gasteiger partial charge in [0.05, 0.1) is 11.6 Å². The van der Waals surface area contributed by atoms with Gasteiger partial charge in [-0.15, -0.1) is 0 Å². The van der Waals surface area contributed by atoms with E-state index in [1.165, 1.54) is 5.56 Å². The van der Waals surface area contributed by atoms with Crippen LogP contribution in [0, 0.1) is 18.3 Å². The lowest BCUT2D eigenvalue weighted by Crippen LogP contribution is -1.88. The Morgan fingerprint density at radius 3 is 2.36 bits per heavy atom. The Labute approximate surface area is 83.0 Å². The summed E-state index contributed by atoms with van der Waals surface area (Å²) >= 11 is 0. The summed E-state index contributed by atoms with van der Waals surface area (Å²) in [4.78, 5) is 0. The fraction of sp³-hybridized carbons (Fsp3) is 0.0833. The van der Waals surface area contributed by atoms with Crippen LogP contribution >= 0.6 is 0 Å². The van der Waals surface area contributed by atoms with Gasteiger partial charge in [-0.2, -0.15) is 5.26 Å². The van der Waals surface area contributed by atoms with Gasteiger partial charge in [0.2, 0.25) is 0 Å². The predicted octanol–water partition coefficient (Wildman–Crippen LogP) is 2.66. The minimum absolute atomic E-state index is 0.692. The first-order chi connectivity index (χ1) is 6.79. The fourth-order valence-electron chi connectivity index (χ4n) is 1.37. The van der Waals surface area contributed by atoms with Crippen LogP contribution < -0.4 is 0 Å². The second-order valence-electron chi connectivity index (χ2n) is 3.25. The number of nitrogens with zero attached hydrogens (tertiary/aromatic N) is 2. The van der Waals surface area contributed by atoms with E-state index in [1.807, 2.05) is 35.0 Å². The van der Waals surface area contributed by atoms with Gasteiger partial charge < -0.3 is 4.57 Å². The topological polar surface area (TPSA) is 28.7 Å². The van der Waals surface area contributed by atoms with Crippen molar-refractivity contribution >= 4 is 0 Å². The monoisotopic (exact) mass is 182 g/mol. The highest BCUT2D eigenvalue weighted by molar-refractivity contribution is 5.40. The van der Waals surface area contributed by atoms with Crippen molar-refractivity contribution in [3.8, 4) is 11.8 Å². The van der Waals surface area contributed by atoms with Crippen LogP contribution in [0.3, 0.4) is 0 Å². The molecule has 0 fully saturated rings. The molecule has 0 bridgehead atoms.